The van der Waals surface area contributed by atoms with Gasteiger partial charge in [0.15, 0.2) is 5.75 Å². The summed E-state index contributed by atoms with van der Waals surface area (Å²) in [6, 6.07) is 15.7. The lowest BCUT2D eigenvalue weighted by Gasteiger charge is -2.17. The van der Waals surface area contributed by atoms with Crippen molar-refractivity contribution in [3.8, 4) is 11.5 Å². The Kier molecular flexibility index (Phi) is 3.09. The zero-order valence-electron chi connectivity index (χ0n) is 10.6. The summed E-state index contributed by atoms with van der Waals surface area (Å²) in [4.78, 5) is 24.6. The van der Waals surface area contributed by atoms with Crippen LogP contribution in [-0.4, -0.2) is 18.5 Å². The molecule has 3 rings (SSSR count). The summed E-state index contributed by atoms with van der Waals surface area (Å²) < 4.78 is 5.74. The summed E-state index contributed by atoms with van der Waals surface area (Å²) in [7, 11) is 0. The number of amides is 3. The van der Waals surface area contributed by atoms with Gasteiger partial charge in [0.05, 0.1) is 12.2 Å². The zero-order chi connectivity index (χ0) is 13.9. The maximum atomic E-state index is 11.8. The number of carbonyl (C=O) groups is 2. The highest BCUT2D eigenvalue weighted by atomic mass is 16.5. The van der Waals surface area contributed by atoms with E-state index in [1.807, 2.05) is 30.3 Å². The van der Waals surface area contributed by atoms with Gasteiger partial charge in [-0.3, -0.25) is 4.79 Å². The Morgan fingerprint density at radius 3 is 2.35 bits per heavy atom. The number of hydrogen-bond acceptors (Lipinski definition) is 3. The smallest absolute Gasteiger partial charge is 0.329 e. The van der Waals surface area contributed by atoms with Crippen LogP contribution >= 0.6 is 0 Å². The minimum Gasteiger partial charge on any atom is -0.455 e. The molecule has 1 saturated heterocycles. The fourth-order valence-electron chi connectivity index (χ4n) is 2.01. The number of ether oxygens (including phenoxy) is 1. The summed E-state index contributed by atoms with van der Waals surface area (Å²) in [5.41, 5.74) is 0.441. The fourth-order valence-corrected chi connectivity index (χ4v) is 2.01. The van der Waals surface area contributed by atoms with Crippen LogP contribution in [0.25, 0.3) is 0 Å². The van der Waals surface area contributed by atoms with Gasteiger partial charge >= 0.3 is 6.03 Å². The molecular formula is C15H12N2O3. The number of urea groups is 1. The van der Waals surface area contributed by atoms with Gasteiger partial charge in [0.1, 0.15) is 5.75 Å². The van der Waals surface area contributed by atoms with E-state index in [-0.39, 0.29) is 12.5 Å². The number of anilines is 1. The second-order valence-electron chi connectivity index (χ2n) is 4.27. The molecule has 0 aliphatic carbocycles. The first-order valence-corrected chi connectivity index (χ1v) is 6.18. The number of carbonyl (C=O) groups excluding carboxylic acids is 2. The van der Waals surface area contributed by atoms with Crippen LogP contribution in [0.15, 0.2) is 54.6 Å². The molecule has 5 nitrogen and oxygen atoms in total. The van der Waals surface area contributed by atoms with Crippen molar-refractivity contribution in [2.75, 3.05) is 11.4 Å². The third-order valence-electron chi connectivity index (χ3n) is 2.92. The number of benzene rings is 2. The molecule has 100 valence electrons. The van der Waals surface area contributed by atoms with E-state index in [4.69, 9.17) is 4.74 Å². The van der Waals surface area contributed by atoms with Gasteiger partial charge in [-0.15, -0.1) is 0 Å². The average Bonchev–Trinajstić information content (AvgIpc) is 2.80. The second kappa shape index (κ2) is 5.05. The van der Waals surface area contributed by atoms with Crippen molar-refractivity contribution >= 4 is 17.6 Å². The number of hydrogen-bond donors (Lipinski definition) is 1. The first-order valence-electron chi connectivity index (χ1n) is 6.18. The van der Waals surface area contributed by atoms with E-state index in [1.54, 1.807) is 24.3 Å². The Hall–Kier alpha value is -2.82. The molecule has 0 radical (unpaired) electrons. The third kappa shape index (κ3) is 2.21. The third-order valence-corrected chi connectivity index (χ3v) is 2.92. The number of para-hydroxylation sites is 3. The number of nitrogens with one attached hydrogen (secondary N) is 1. The summed E-state index contributed by atoms with van der Waals surface area (Å²) >= 11 is 0. The van der Waals surface area contributed by atoms with Crippen LogP contribution in [-0.2, 0) is 4.79 Å². The molecular weight excluding hydrogens is 256 g/mol. The lowest BCUT2D eigenvalue weighted by atomic mass is 10.2. The molecule has 0 spiro atoms. The Morgan fingerprint density at radius 1 is 0.950 bits per heavy atom. The van der Waals surface area contributed by atoms with Crippen LogP contribution in [0.3, 0.4) is 0 Å². The van der Waals surface area contributed by atoms with Crippen molar-refractivity contribution in [1.82, 2.24) is 5.32 Å². The summed E-state index contributed by atoms with van der Waals surface area (Å²) in [6.45, 7) is 0.0124. The first-order chi connectivity index (χ1) is 9.75. The molecule has 1 aliphatic heterocycles. The predicted molar refractivity (Wildman–Crippen MR) is 73.8 cm³/mol. The van der Waals surface area contributed by atoms with Gasteiger partial charge in [0.2, 0.25) is 0 Å². The molecule has 1 aliphatic rings. The topological polar surface area (TPSA) is 58.6 Å². The molecule has 2 aromatic carbocycles. The fraction of sp³-hybridized carbons (Fsp3) is 0.0667. The zero-order valence-corrected chi connectivity index (χ0v) is 10.6. The molecule has 20 heavy (non-hydrogen) atoms. The van der Waals surface area contributed by atoms with E-state index >= 15 is 0 Å². The van der Waals surface area contributed by atoms with Crippen LogP contribution in [0.2, 0.25) is 0 Å². The molecule has 3 amide bonds. The van der Waals surface area contributed by atoms with Crippen molar-refractivity contribution in [2.24, 2.45) is 0 Å². The summed E-state index contributed by atoms with van der Waals surface area (Å²) in [5, 5.41) is 2.49. The van der Waals surface area contributed by atoms with Crippen molar-refractivity contribution in [3.05, 3.63) is 54.6 Å². The SMILES string of the molecule is O=C1CNC(=O)N1c1ccccc1Oc1ccccc1. The van der Waals surface area contributed by atoms with Crippen LogP contribution in [0.5, 0.6) is 11.5 Å². The molecule has 1 N–H and O–H groups in total. The van der Waals surface area contributed by atoms with Crippen molar-refractivity contribution in [1.29, 1.82) is 0 Å². The molecule has 1 fully saturated rings. The standard InChI is InChI=1S/C15H12N2O3/c18-14-10-16-15(19)17(14)12-8-4-5-9-13(12)20-11-6-2-1-3-7-11/h1-9H,10H2,(H,16,19). The van der Waals surface area contributed by atoms with E-state index < -0.39 is 6.03 Å². The number of nitrogens with zero attached hydrogens (tertiary/aromatic N) is 1. The van der Waals surface area contributed by atoms with E-state index in [9.17, 15) is 9.59 Å². The second-order valence-corrected chi connectivity index (χ2v) is 4.27. The molecule has 0 saturated carbocycles. The summed E-state index contributed by atoms with van der Waals surface area (Å²) in [6.07, 6.45) is 0. The number of rotatable bonds is 3. The Bertz CT molecular complexity index is 639. The maximum absolute atomic E-state index is 11.8. The maximum Gasteiger partial charge on any atom is 0.329 e. The van der Waals surface area contributed by atoms with Crippen LogP contribution < -0.4 is 15.0 Å². The van der Waals surface area contributed by atoms with Crippen molar-refractivity contribution < 1.29 is 14.3 Å². The predicted octanol–water partition coefficient (Wildman–Crippen LogP) is 2.54. The van der Waals surface area contributed by atoms with Crippen LogP contribution in [0.4, 0.5) is 10.5 Å². The molecule has 2 aromatic rings. The van der Waals surface area contributed by atoms with Crippen molar-refractivity contribution in [3.63, 3.8) is 0 Å². The van der Waals surface area contributed by atoms with E-state index in [0.717, 1.165) is 4.90 Å². The van der Waals surface area contributed by atoms with Crippen LogP contribution in [0, 0.1) is 0 Å². The molecule has 5 heteroatoms. The quantitative estimate of drug-likeness (QED) is 0.870. The van der Waals surface area contributed by atoms with E-state index in [0.29, 0.717) is 17.2 Å². The van der Waals surface area contributed by atoms with Gasteiger partial charge in [0, 0.05) is 0 Å². The van der Waals surface area contributed by atoms with Gasteiger partial charge < -0.3 is 10.1 Å². The molecule has 0 atom stereocenters. The first kappa shape index (κ1) is 12.2. The normalized spacial score (nSPS) is 14.3. The highest BCUT2D eigenvalue weighted by Gasteiger charge is 2.32. The van der Waals surface area contributed by atoms with Gasteiger partial charge in [-0.1, -0.05) is 30.3 Å². The monoisotopic (exact) mass is 268 g/mol. The largest absolute Gasteiger partial charge is 0.455 e. The highest BCUT2D eigenvalue weighted by molar-refractivity contribution is 6.20. The Balaban J connectivity index is 1.96. The molecule has 0 unspecified atom stereocenters. The van der Waals surface area contributed by atoms with Crippen molar-refractivity contribution in [2.45, 2.75) is 0 Å². The lowest BCUT2D eigenvalue weighted by Crippen LogP contribution is -2.30. The molecule has 0 aromatic heterocycles. The van der Waals surface area contributed by atoms with Gasteiger partial charge in [-0.2, -0.15) is 0 Å². The van der Waals surface area contributed by atoms with Gasteiger partial charge in [-0.25, -0.2) is 9.69 Å². The number of imide groups is 1. The average molecular weight is 268 g/mol. The minimum atomic E-state index is -0.431. The van der Waals surface area contributed by atoms with E-state index in [2.05, 4.69) is 5.32 Å². The highest BCUT2D eigenvalue weighted by Crippen LogP contribution is 2.33. The minimum absolute atomic E-state index is 0.0124. The lowest BCUT2D eigenvalue weighted by molar-refractivity contribution is -0.115. The van der Waals surface area contributed by atoms with Crippen LogP contribution in [0.1, 0.15) is 0 Å². The summed E-state index contributed by atoms with van der Waals surface area (Å²) in [5.74, 6) is 0.815. The Labute approximate surface area is 115 Å². The van der Waals surface area contributed by atoms with Gasteiger partial charge in [0.25, 0.3) is 5.91 Å². The molecule has 0 bridgehead atoms. The van der Waals surface area contributed by atoms with E-state index in [1.165, 1.54) is 0 Å². The molecule has 1 heterocycles. The van der Waals surface area contributed by atoms with Gasteiger partial charge in [-0.05, 0) is 24.3 Å². The Morgan fingerprint density at radius 2 is 1.65 bits per heavy atom.